The minimum absolute atomic E-state index is 0.0333. The molecule has 4 aromatic rings. The van der Waals surface area contributed by atoms with Gasteiger partial charge in [0.1, 0.15) is 35.4 Å². The van der Waals surface area contributed by atoms with Gasteiger partial charge in [0, 0.05) is 24.8 Å². The van der Waals surface area contributed by atoms with Crippen molar-refractivity contribution in [3.63, 3.8) is 0 Å². The van der Waals surface area contributed by atoms with Crippen LogP contribution < -0.4 is 8.92 Å². The van der Waals surface area contributed by atoms with Crippen molar-refractivity contribution in [3.05, 3.63) is 47.0 Å². The fourth-order valence-electron chi connectivity index (χ4n) is 4.56. The Morgan fingerprint density at radius 1 is 1.19 bits per heavy atom. The number of amides is 1. The molecule has 0 bridgehead atoms. The Hall–Kier alpha value is -4.03. The number of halogens is 5. The molecule has 1 atom stereocenters. The second kappa shape index (κ2) is 11.2. The number of methoxy groups -OCH3 is 1. The number of thiophene rings is 1. The fraction of sp³-hybridized carbons (Fsp3) is 0.320. The monoisotopic (exact) mass is 648 g/mol. The molecule has 0 unspecified atom stereocenters. The third-order valence-electron chi connectivity index (χ3n) is 6.51. The van der Waals surface area contributed by atoms with Crippen molar-refractivity contribution in [1.29, 1.82) is 0 Å². The van der Waals surface area contributed by atoms with Gasteiger partial charge in [-0.25, -0.2) is 18.6 Å². The van der Waals surface area contributed by atoms with Crippen LogP contribution in [0, 0.1) is 11.6 Å². The molecule has 0 radical (unpaired) electrons. The summed E-state index contributed by atoms with van der Waals surface area (Å²) in [4.78, 5) is 16.9. The molecule has 0 fully saturated rings. The van der Waals surface area contributed by atoms with E-state index in [1.807, 2.05) is 0 Å². The molecule has 43 heavy (non-hydrogen) atoms. The average molecular weight is 649 g/mol. The van der Waals surface area contributed by atoms with Gasteiger partial charge in [-0.3, -0.25) is 9.58 Å². The van der Waals surface area contributed by atoms with Gasteiger partial charge in [-0.1, -0.05) is 0 Å². The van der Waals surface area contributed by atoms with Crippen LogP contribution in [0.1, 0.15) is 12.6 Å². The molecule has 11 nitrogen and oxygen atoms in total. The molecule has 1 N–H and O–H groups in total. The normalized spacial score (nSPS) is 15.5. The number of pyridine rings is 1. The first kappa shape index (κ1) is 30.4. The van der Waals surface area contributed by atoms with E-state index in [4.69, 9.17) is 9.47 Å². The predicted molar refractivity (Wildman–Crippen MR) is 142 cm³/mol. The molecule has 0 saturated carbocycles. The van der Waals surface area contributed by atoms with Gasteiger partial charge < -0.3 is 18.8 Å². The molecule has 0 saturated heterocycles. The topological polar surface area (TPSA) is 133 Å². The van der Waals surface area contributed by atoms with Crippen LogP contribution in [0.15, 0.2) is 29.6 Å². The maximum absolute atomic E-state index is 15.6. The average Bonchev–Trinajstić information content (AvgIpc) is 3.55. The Bertz CT molecular complexity index is 1820. The van der Waals surface area contributed by atoms with Crippen molar-refractivity contribution >= 4 is 37.6 Å². The highest BCUT2D eigenvalue weighted by atomic mass is 32.2. The standard InChI is InChI=1S/C25H21F5N4O7S2/c1-12-10-34-14(11-33(12)24(35)36)9-17(32-34)21-20(19-16(27)7-13(26)8-18(19)40-5-4-39-2)22-15(3-6-42-22)23(31-21)41-43(37,38)25(28,29)30/h3,6-9,12H,4-5,10-11H2,1-2H3,(H,35,36)/t12-/m1/s1. The zero-order chi connectivity index (χ0) is 31.3. The van der Waals surface area contributed by atoms with Crippen LogP contribution in [0.5, 0.6) is 11.6 Å². The maximum atomic E-state index is 15.6. The SMILES string of the molecule is COCCOc1cc(F)cc(F)c1-c1c(-c2cc3n(n2)C[C@@H](C)N(C(=O)O)C3)nc(OS(=O)(=O)C(F)(F)F)c2ccsc12. The summed E-state index contributed by atoms with van der Waals surface area (Å²) >= 11 is 0.898. The van der Waals surface area contributed by atoms with Gasteiger partial charge in [0.25, 0.3) is 0 Å². The zero-order valence-electron chi connectivity index (χ0n) is 22.2. The molecule has 230 valence electrons. The van der Waals surface area contributed by atoms with Crippen LogP contribution in [0.4, 0.5) is 26.7 Å². The molecule has 18 heteroatoms. The second-order valence-corrected chi connectivity index (χ2v) is 11.8. The Kier molecular flexibility index (Phi) is 7.95. The lowest BCUT2D eigenvalue weighted by Gasteiger charge is -2.31. The van der Waals surface area contributed by atoms with Crippen molar-refractivity contribution in [2.45, 2.75) is 31.6 Å². The summed E-state index contributed by atoms with van der Waals surface area (Å²) in [5.74, 6) is -3.35. The molecular formula is C25H21F5N4O7S2. The summed E-state index contributed by atoms with van der Waals surface area (Å²) in [5, 5.41) is 15.2. The van der Waals surface area contributed by atoms with Gasteiger partial charge in [-0.05, 0) is 24.4 Å². The van der Waals surface area contributed by atoms with E-state index in [-0.39, 0.29) is 64.7 Å². The van der Waals surface area contributed by atoms with E-state index in [1.54, 1.807) is 6.92 Å². The largest absolute Gasteiger partial charge is 0.534 e. The third kappa shape index (κ3) is 5.68. The van der Waals surface area contributed by atoms with E-state index in [2.05, 4.69) is 14.3 Å². The summed E-state index contributed by atoms with van der Waals surface area (Å²) < 4.78 is 110. The predicted octanol–water partition coefficient (Wildman–Crippen LogP) is 5.24. The summed E-state index contributed by atoms with van der Waals surface area (Å²) in [7, 11) is -4.79. The highest BCUT2D eigenvalue weighted by Crippen LogP contribution is 2.47. The van der Waals surface area contributed by atoms with Crippen molar-refractivity contribution < 1.29 is 53.9 Å². The molecule has 1 aliphatic rings. The van der Waals surface area contributed by atoms with Crippen LogP contribution in [-0.2, 0) is 27.9 Å². The molecule has 4 heterocycles. The summed E-state index contributed by atoms with van der Waals surface area (Å²) in [5.41, 5.74) is -6.22. The van der Waals surface area contributed by atoms with Crippen LogP contribution in [0.25, 0.3) is 32.6 Å². The first-order chi connectivity index (χ1) is 20.2. The minimum Gasteiger partial charge on any atom is -0.490 e. The lowest BCUT2D eigenvalue weighted by molar-refractivity contribution is -0.0500. The molecule has 1 aromatic carbocycles. The smallest absolute Gasteiger partial charge is 0.490 e. The second-order valence-electron chi connectivity index (χ2n) is 9.35. The van der Waals surface area contributed by atoms with Crippen molar-refractivity contribution in [2.24, 2.45) is 0 Å². The number of benzene rings is 1. The van der Waals surface area contributed by atoms with E-state index < -0.39 is 45.3 Å². The number of alkyl halides is 3. The lowest BCUT2D eigenvalue weighted by atomic mass is 9.99. The number of nitrogens with zero attached hydrogens (tertiary/aromatic N) is 4. The highest BCUT2D eigenvalue weighted by Gasteiger charge is 2.49. The van der Waals surface area contributed by atoms with Crippen molar-refractivity contribution in [1.82, 2.24) is 19.7 Å². The van der Waals surface area contributed by atoms with E-state index in [1.165, 1.54) is 29.3 Å². The van der Waals surface area contributed by atoms with E-state index in [0.717, 1.165) is 22.3 Å². The van der Waals surface area contributed by atoms with Crippen LogP contribution >= 0.6 is 11.3 Å². The van der Waals surface area contributed by atoms with E-state index >= 15 is 4.39 Å². The molecule has 5 rings (SSSR count). The van der Waals surface area contributed by atoms with Gasteiger partial charge >= 0.3 is 21.7 Å². The molecule has 3 aromatic heterocycles. The minimum atomic E-state index is -6.18. The lowest BCUT2D eigenvalue weighted by Crippen LogP contribution is -2.44. The molecule has 0 spiro atoms. The third-order valence-corrected chi connectivity index (χ3v) is 8.39. The summed E-state index contributed by atoms with van der Waals surface area (Å²) in [6, 6.07) is 3.60. The first-order valence-electron chi connectivity index (χ1n) is 12.3. The van der Waals surface area contributed by atoms with Gasteiger partial charge in [-0.2, -0.15) is 26.7 Å². The van der Waals surface area contributed by atoms with Crippen molar-refractivity contribution in [2.75, 3.05) is 20.3 Å². The molecule has 1 amide bonds. The first-order valence-corrected chi connectivity index (χ1v) is 14.6. The zero-order valence-corrected chi connectivity index (χ0v) is 23.8. The van der Waals surface area contributed by atoms with Crippen LogP contribution in [0.3, 0.4) is 0 Å². The Morgan fingerprint density at radius 2 is 1.93 bits per heavy atom. The van der Waals surface area contributed by atoms with E-state index in [9.17, 15) is 35.9 Å². The number of rotatable bonds is 8. The number of carboxylic acid groups (broad SMARTS) is 1. The van der Waals surface area contributed by atoms with Gasteiger partial charge in [0.05, 0.1) is 47.1 Å². The number of hydrogen-bond acceptors (Lipinski definition) is 9. The Balaban J connectivity index is 1.80. The maximum Gasteiger partial charge on any atom is 0.534 e. The highest BCUT2D eigenvalue weighted by molar-refractivity contribution is 7.88. The number of hydrogen-bond donors (Lipinski definition) is 1. The Morgan fingerprint density at radius 3 is 2.60 bits per heavy atom. The molecule has 1 aliphatic heterocycles. The fourth-order valence-corrected chi connectivity index (χ4v) is 5.93. The number of fused-ring (bicyclic) bond motifs is 2. The molecular weight excluding hydrogens is 627 g/mol. The summed E-state index contributed by atoms with van der Waals surface area (Å²) in [6.07, 6.45) is -1.19. The van der Waals surface area contributed by atoms with Crippen LogP contribution in [-0.4, -0.2) is 71.2 Å². The quantitative estimate of drug-likeness (QED) is 0.118. The number of carbonyl (C=O) groups is 1. The molecule has 0 aliphatic carbocycles. The van der Waals surface area contributed by atoms with Crippen molar-refractivity contribution in [3.8, 4) is 34.1 Å². The van der Waals surface area contributed by atoms with E-state index in [0.29, 0.717) is 11.8 Å². The van der Waals surface area contributed by atoms with Gasteiger partial charge in [0.15, 0.2) is 0 Å². The van der Waals surface area contributed by atoms with Gasteiger partial charge in [0.2, 0.25) is 5.88 Å². The van der Waals surface area contributed by atoms with Gasteiger partial charge in [-0.15, -0.1) is 11.3 Å². The summed E-state index contributed by atoms with van der Waals surface area (Å²) in [6.45, 7) is 1.55. The number of ether oxygens (including phenoxy) is 2. The Labute approximate surface area is 244 Å². The van der Waals surface area contributed by atoms with Crippen LogP contribution in [0.2, 0.25) is 0 Å². The number of aromatic nitrogens is 3.